The molecule has 0 saturated carbocycles. The molecule has 3 aliphatic heterocycles. The highest BCUT2D eigenvalue weighted by Crippen LogP contribution is 2.49. The Morgan fingerprint density at radius 3 is 2.40 bits per heavy atom. The smallest absolute Gasteiger partial charge is 0.291 e. The minimum Gasteiger partial charge on any atom is -0.423 e. The lowest BCUT2D eigenvalue weighted by molar-refractivity contribution is -0.133. The van der Waals surface area contributed by atoms with Crippen molar-refractivity contribution in [2.75, 3.05) is 39.3 Å². The van der Waals surface area contributed by atoms with Crippen LogP contribution in [0.5, 0.6) is 0 Å². The molecule has 10 nitrogen and oxygen atoms in total. The maximum atomic E-state index is 13.2. The third-order valence-corrected chi connectivity index (χ3v) is 7.76. The predicted octanol–water partition coefficient (Wildman–Crippen LogP) is 2.66. The van der Waals surface area contributed by atoms with Gasteiger partial charge in [0.15, 0.2) is 0 Å². The van der Waals surface area contributed by atoms with Crippen LogP contribution in [-0.4, -0.2) is 85.9 Å². The number of amides is 2. The van der Waals surface area contributed by atoms with Crippen LogP contribution < -0.4 is 0 Å². The monoisotopic (exact) mass is 481 g/mol. The Bertz CT molecular complexity index is 1030. The Kier molecular flexibility index (Phi) is 6.82. The van der Waals surface area contributed by atoms with Crippen molar-refractivity contribution in [3.05, 3.63) is 36.1 Å². The van der Waals surface area contributed by atoms with Crippen LogP contribution in [0.25, 0.3) is 0 Å². The van der Waals surface area contributed by atoms with Gasteiger partial charge in [-0.2, -0.15) is 0 Å². The van der Waals surface area contributed by atoms with Crippen molar-refractivity contribution < 1.29 is 14.0 Å². The number of nitrogens with zero attached hydrogens (tertiary/aromatic N) is 7. The highest BCUT2D eigenvalue weighted by atomic mass is 16.4. The molecule has 0 aromatic carbocycles. The van der Waals surface area contributed by atoms with Crippen LogP contribution in [0.2, 0.25) is 0 Å². The first-order chi connectivity index (χ1) is 16.9. The normalized spacial score (nSPS) is 22.8. The molecule has 5 rings (SSSR count). The summed E-state index contributed by atoms with van der Waals surface area (Å²) in [6.45, 7) is 8.23. The Morgan fingerprint density at radius 1 is 1.03 bits per heavy atom. The molecule has 1 atom stereocenters. The van der Waals surface area contributed by atoms with E-state index in [9.17, 15) is 9.59 Å². The minimum atomic E-state index is -0.120. The lowest BCUT2D eigenvalue weighted by Gasteiger charge is -2.39. The molecule has 0 N–H and O–H groups in total. The molecule has 0 aliphatic carbocycles. The number of rotatable bonds is 5. The van der Waals surface area contributed by atoms with E-state index in [-0.39, 0.29) is 35.0 Å². The molecule has 1 unspecified atom stereocenters. The van der Waals surface area contributed by atoms with E-state index in [0.29, 0.717) is 31.4 Å². The van der Waals surface area contributed by atoms with Crippen LogP contribution in [0, 0.1) is 5.41 Å². The van der Waals surface area contributed by atoms with Crippen LogP contribution in [0.1, 0.15) is 86.7 Å². The second-order valence-electron chi connectivity index (χ2n) is 10.6. The number of piperidine rings is 2. The summed E-state index contributed by atoms with van der Waals surface area (Å²) in [5.41, 5.74) is 0.00757. The second kappa shape index (κ2) is 10.0. The average Bonchev–Trinajstić information content (AvgIpc) is 3.51. The largest absolute Gasteiger partial charge is 0.423 e. The van der Waals surface area contributed by atoms with Gasteiger partial charge in [-0.1, -0.05) is 13.8 Å². The number of hydrogen-bond donors (Lipinski definition) is 0. The quantitative estimate of drug-likeness (QED) is 0.641. The van der Waals surface area contributed by atoms with E-state index in [1.165, 1.54) is 6.42 Å². The molecule has 35 heavy (non-hydrogen) atoms. The van der Waals surface area contributed by atoms with Crippen LogP contribution in [-0.2, 0) is 4.79 Å². The van der Waals surface area contributed by atoms with Crippen molar-refractivity contribution in [2.24, 2.45) is 5.41 Å². The number of aromatic nitrogens is 4. The zero-order valence-corrected chi connectivity index (χ0v) is 20.7. The zero-order valence-electron chi connectivity index (χ0n) is 20.7. The van der Waals surface area contributed by atoms with Gasteiger partial charge < -0.3 is 14.2 Å². The molecule has 2 amide bonds. The van der Waals surface area contributed by atoms with Crippen LogP contribution in [0.15, 0.2) is 22.9 Å². The molecular weight excluding hydrogens is 446 g/mol. The summed E-state index contributed by atoms with van der Waals surface area (Å²) >= 11 is 0. The van der Waals surface area contributed by atoms with Crippen molar-refractivity contribution in [3.63, 3.8) is 0 Å². The van der Waals surface area contributed by atoms with Crippen molar-refractivity contribution >= 4 is 11.8 Å². The summed E-state index contributed by atoms with van der Waals surface area (Å²) < 4.78 is 6.07. The highest BCUT2D eigenvalue weighted by Gasteiger charge is 2.49. The van der Waals surface area contributed by atoms with E-state index >= 15 is 0 Å². The van der Waals surface area contributed by atoms with Gasteiger partial charge in [0, 0.05) is 51.0 Å². The Morgan fingerprint density at radius 2 is 1.74 bits per heavy atom. The molecular formula is C25H35N7O3. The fourth-order valence-corrected chi connectivity index (χ4v) is 5.68. The van der Waals surface area contributed by atoms with E-state index in [1.54, 1.807) is 18.5 Å². The third-order valence-electron chi connectivity index (χ3n) is 7.76. The van der Waals surface area contributed by atoms with Crippen molar-refractivity contribution in [2.45, 2.75) is 64.3 Å². The topological polar surface area (TPSA) is 109 Å². The summed E-state index contributed by atoms with van der Waals surface area (Å²) in [5, 5.41) is 8.65. The summed E-state index contributed by atoms with van der Waals surface area (Å²) in [5.74, 6) is 1.70. The number of hydrogen-bond acceptors (Lipinski definition) is 8. The van der Waals surface area contributed by atoms with E-state index < -0.39 is 0 Å². The lowest BCUT2D eigenvalue weighted by atomic mass is 9.76. The van der Waals surface area contributed by atoms with Crippen molar-refractivity contribution in [3.8, 4) is 0 Å². The van der Waals surface area contributed by atoms with E-state index in [0.717, 1.165) is 51.7 Å². The van der Waals surface area contributed by atoms with Crippen LogP contribution >= 0.6 is 0 Å². The molecule has 2 aromatic rings. The molecule has 0 radical (unpaired) electrons. The summed E-state index contributed by atoms with van der Waals surface area (Å²) in [4.78, 5) is 40.3. The Hall–Kier alpha value is -2.88. The number of carbonyl (C=O) groups is 2. The summed E-state index contributed by atoms with van der Waals surface area (Å²) in [6, 6.07) is 1.63. The van der Waals surface area contributed by atoms with Gasteiger partial charge in [0.1, 0.15) is 0 Å². The summed E-state index contributed by atoms with van der Waals surface area (Å²) in [7, 11) is 0. The fraction of sp³-hybridized carbons (Fsp3) is 0.680. The van der Waals surface area contributed by atoms with Gasteiger partial charge in [0.05, 0.1) is 12.6 Å². The maximum absolute atomic E-state index is 13.2. The van der Waals surface area contributed by atoms with Gasteiger partial charge in [-0.15, -0.1) is 10.2 Å². The lowest BCUT2D eigenvalue weighted by Crippen LogP contribution is -2.46. The SMILES string of the molecule is CC(C)c1nnc(C2CC3(CCN(C(=O)c4ncccn4)CC3)CN2CC(=O)N2CCCCC2)o1. The average molecular weight is 482 g/mol. The molecule has 0 bridgehead atoms. The van der Waals surface area contributed by atoms with Gasteiger partial charge in [-0.3, -0.25) is 14.5 Å². The number of carbonyl (C=O) groups excluding carboxylic acids is 2. The Labute approximate surface area is 206 Å². The first-order valence-electron chi connectivity index (χ1n) is 12.9. The fourth-order valence-electron chi connectivity index (χ4n) is 5.68. The third kappa shape index (κ3) is 5.07. The van der Waals surface area contributed by atoms with Crippen LogP contribution in [0.4, 0.5) is 0 Å². The first kappa shape index (κ1) is 23.8. The zero-order chi connectivity index (χ0) is 24.4. The Balaban J connectivity index is 1.30. The first-order valence-corrected chi connectivity index (χ1v) is 12.9. The van der Waals surface area contributed by atoms with Crippen LogP contribution in [0.3, 0.4) is 0 Å². The standard InChI is InChI=1S/C25H35N7O3/c1-18(2)22-28-29-23(35-22)19-15-25(17-32(19)16-20(33)30-11-4-3-5-12-30)7-13-31(14-8-25)24(34)21-26-9-6-10-27-21/h6,9-10,18-19H,3-5,7-8,11-17H2,1-2H3. The van der Waals surface area contributed by atoms with E-state index in [2.05, 4.69) is 25.1 Å². The van der Waals surface area contributed by atoms with Crippen molar-refractivity contribution in [1.29, 1.82) is 0 Å². The van der Waals surface area contributed by atoms with E-state index in [1.807, 2.05) is 23.6 Å². The molecule has 5 heterocycles. The summed E-state index contributed by atoms with van der Waals surface area (Å²) in [6.07, 6.45) is 9.13. The maximum Gasteiger partial charge on any atom is 0.291 e. The molecule has 2 aromatic heterocycles. The molecule has 3 fully saturated rings. The minimum absolute atomic E-state index is 0.00757. The molecule has 3 aliphatic rings. The van der Waals surface area contributed by atoms with Gasteiger partial charge in [-0.05, 0) is 50.0 Å². The molecule has 3 saturated heterocycles. The number of likely N-dealkylation sites (tertiary alicyclic amines) is 3. The van der Waals surface area contributed by atoms with Gasteiger partial charge in [-0.25, -0.2) is 9.97 Å². The highest BCUT2D eigenvalue weighted by molar-refractivity contribution is 5.90. The molecule has 188 valence electrons. The molecule has 10 heteroatoms. The van der Waals surface area contributed by atoms with Gasteiger partial charge >= 0.3 is 0 Å². The van der Waals surface area contributed by atoms with Gasteiger partial charge in [0.25, 0.3) is 5.91 Å². The molecule has 1 spiro atoms. The van der Waals surface area contributed by atoms with Gasteiger partial charge in [0.2, 0.25) is 23.5 Å². The van der Waals surface area contributed by atoms with E-state index in [4.69, 9.17) is 4.42 Å². The second-order valence-corrected chi connectivity index (χ2v) is 10.6. The predicted molar refractivity (Wildman–Crippen MR) is 127 cm³/mol. The van der Waals surface area contributed by atoms with Crippen molar-refractivity contribution in [1.82, 2.24) is 34.9 Å².